The Morgan fingerprint density at radius 2 is 1.90 bits per heavy atom. The van der Waals surface area contributed by atoms with Crippen LogP contribution in [0, 0.1) is 19.7 Å². The number of hydrogen-bond donors (Lipinski definition) is 1. The van der Waals surface area contributed by atoms with Crippen molar-refractivity contribution in [2.75, 3.05) is 5.32 Å². The first-order valence-electron chi connectivity index (χ1n) is 9.25. The monoisotopic (exact) mass is 424 g/mol. The predicted molar refractivity (Wildman–Crippen MR) is 115 cm³/mol. The standard InChI is InChI=1S/C22H18ClFN4O2/c1-13-10-20(30)27(12-19(29)25-18-9-4-3-8-17(18)23)22-21(13)14(2)26-28(22)16-7-5-6-15(24)11-16/h3-11H,12H2,1-2H3,(H,25,29). The van der Waals surface area contributed by atoms with Crippen molar-refractivity contribution >= 4 is 34.2 Å². The lowest BCUT2D eigenvalue weighted by Crippen LogP contribution is -2.29. The zero-order valence-corrected chi connectivity index (χ0v) is 17.1. The quantitative estimate of drug-likeness (QED) is 0.533. The van der Waals surface area contributed by atoms with E-state index in [2.05, 4.69) is 10.4 Å². The van der Waals surface area contributed by atoms with Crippen LogP contribution in [0.25, 0.3) is 16.7 Å². The number of hydrogen-bond acceptors (Lipinski definition) is 3. The van der Waals surface area contributed by atoms with E-state index in [1.165, 1.54) is 27.4 Å². The van der Waals surface area contributed by atoms with Crippen molar-refractivity contribution in [2.45, 2.75) is 20.4 Å². The third kappa shape index (κ3) is 3.59. The second-order valence-corrected chi connectivity index (χ2v) is 7.36. The van der Waals surface area contributed by atoms with Crippen LogP contribution in [0.4, 0.5) is 10.1 Å². The van der Waals surface area contributed by atoms with Gasteiger partial charge in [-0.2, -0.15) is 5.10 Å². The average molecular weight is 425 g/mol. The van der Waals surface area contributed by atoms with Gasteiger partial charge in [-0.15, -0.1) is 0 Å². The smallest absolute Gasteiger partial charge is 0.252 e. The Kier molecular flexibility index (Phi) is 5.13. The zero-order chi connectivity index (χ0) is 21.4. The van der Waals surface area contributed by atoms with Gasteiger partial charge in [-0.3, -0.25) is 14.2 Å². The van der Waals surface area contributed by atoms with Crippen molar-refractivity contribution in [1.29, 1.82) is 0 Å². The Bertz CT molecular complexity index is 1340. The van der Waals surface area contributed by atoms with Crippen molar-refractivity contribution in [3.05, 3.63) is 87.0 Å². The van der Waals surface area contributed by atoms with Gasteiger partial charge in [0, 0.05) is 11.5 Å². The molecule has 152 valence electrons. The van der Waals surface area contributed by atoms with Crippen molar-refractivity contribution in [1.82, 2.24) is 14.3 Å². The topological polar surface area (TPSA) is 68.9 Å². The molecule has 0 unspecified atom stereocenters. The van der Waals surface area contributed by atoms with Gasteiger partial charge in [-0.1, -0.05) is 29.8 Å². The summed E-state index contributed by atoms with van der Waals surface area (Å²) in [4.78, 5) is 25.5. The molecule has 4 rings (SSSR count). The average Bonchev–Trinajstić information content (AvgIpc) is 3.04. The fourth-order valence-electron chi connectivity index (χ4n) is 3.50. The number of anilines is 1. The van der Waals surface area contributed by atoms with Crippen LogP contribution in [0.2, 0.25) is 5.02 Å². The Labute approximate surface area is 176 Å². The molecule has 2 aromatic heterocycles. The molecule has 30 heavy (non-hydrogen) atoms. The second kappa shape index (κ2) is 7.76. The lowest BCUT2D eigenvalue weighted by atomic mass is 10.1. The molecule has 0 aliphatic rings. The van der Waals surface area contributed by atoms with E-state index in [0.717, 1.165) is 10.9 Å². The van der Waals surface area contributed by atoms with E-state index in [4.69, 9.17) is 11.6 Å². The molecule has 0 fully saturated rings. The van der Waals surface area contributed by atoms with E-state index in [1.807, 2.05) is 13.8 Å². The number of rotatable bonds is 4. The van der Waals surface area contributed by atoms with Gasteiger partial charge < -0.3 is 5.32 Å². The van der Waals surface area contributed by atoms with Crippen molar-refractivity contribution in [3.63, 3.8) is 0 Å². The van der Waals surface area contributed by atoms with Crippen molar-refractivity contribution in [2.24, 2.45) is 0 Å². The first kappa shape index (κ1) is 19.8. The maximum absolute atomic E-state index is 13.8. The van der Waals surface area contributed by atoms with Crippen LogP contribution in [0.5, 0.6) is 0 Å². The van der Waals surface area contributed by atoms with Crippen LogP contribution >= 0.6 is 11.6 Å². The highest BCUT2D eigenvalue weighted by Crippen LogP contribution is 2.25. The zero-order valence-electron chi connectivity index (χ0n) is 16.3. The number of aryl methyl sites for hydroxylation is 2. The molecule has 0 aliphatic heterocycles. The van der Waals surface area contributed by atoms with E-state index in [-0.39, 0.29) is 12.1 Å². The number of amides is 1. The van der Waals surface area contributed by atoms with E-state index in [9.17, 15) is 14.0 Å². The summed E-state index contributed by atoms with van der Waals surface area (Å²) in [5.41, 5.74) is 2.39. The highest BCUT2D eigenvalue weighted by Gasteiger charge is 2.19. The summed E-state index contributed by atoms with van der Waals surface area (Å²) in [5.74, 6) is -0.841. The molecule has 4 aromatic rings. The van der Waals surface area contributed by atoms with E-state index in [0.29, 0.717) is 27.7 Å². The SMILES string of the molecule is Cc1cc(=O)n(CC(=O)Nc2ccccc2Cl)c2c1c(C)nn2-c1cccc(F)c1. The number of carbonyl (C=O) groups is 1. The van der Waals surface area contributed by atoms with Gasteiger partial charge in [0.25, 0.3) is 5.56 Å². The van der Waals surface area contributed by atoms with Crippen molar-refractivity contribution in [3.8, 4) is 5.69 Å². The Morgan fingerprint density at radius 3 is 2.63 bits per heavy atom. The Hall–Kier alpha value is -3.45. The largest absolute Gasteiger partial charge is 0.323 e. The van der Waals surface area contributed by atoms with Crippen LogP contribution in [-0.2, 0) is 11.3 Å². The molecule has 0 saturated carbocycles. The summed E-state index contributed by atoms with van der Waals surface area (Å²) >= 11 is 6.11. The van der Waals surface area contributed by atoms with Gasteiger partial charge in [0.15, 0.2) is 0 Å². The number of halogens is 2. The lowest BCUT2D eigenvalue weighted by molar-refractivity contribution is -0.116. The molecule has 0 aliphatic carbocycles. The summed E-state index contributed by atoms with van der Waals surface area (Å²) < 4.78 is 16.6. The third-order valence-corrected chi connectivity index (χ3v) is 5.12. The summed E-state index contributed by atoms with van der Waals surface area (Å²) in [6.45, 7) is 3.37. The molecular formula is C22H18ClFN4O2. The molecule has 0 radical (unpaired) electrons. The minimum Gasteiger partial charge on any atom is -0.323 e. The summed E-state index contributed by atoms with van der Waals surface area (Å²) in [5, 5.41) is 8.36. The van der Waals surface area contributed by atoms with Crippen LogP contribution in [0.15, 0.2) is 59.4 Å². The molecule has 0 atom stereocenters. The summed E-state index contributed by atoms with van der Waals surface area (Å²) in [7, 11) is 0. The number of aromatic nitrogens is 3. The van der Waals surface area contributed by atoms with E-state index >= 15 is 0 Å². The maximum atomic E-state index is 13.8. The number of benzene rings is 2. The molecule has 8 heteroatoms. The molecule has 2 heterocycles. The fourth-order valence-corrected chi connectivity index (χ4v) is 3.69. The minimum absolute atomic E-state index is 0.249. The molecular weight excluding hydrogens is 407 g/mol. The van der Waals surface area contributed by atoms with Gasteiger partial charge >= 0.3 is 0 Å². The van der Waals surface area contributed by atoms with Gasteiger partial charge in [0.05, 0.1) is 22.1 Å². The molecule has 6 nitrogen and oxygen atoms in total. The lowest BCUT2D eigenvalue weighted by Gasteiger charge is -2.13. The number of carbonyl (C=O) groups excluding carboxylic acids is 1. The van der Waals surface area contributed by atoms with Gasteiger partial charge in [-0.25, -0.2) is 9.07 Å². The van der Waals surface area contributed by atoms with E-state index in [1.54, 1.807) is 36.4 Å². The fraction of sp³-hybridized carbons (Fsp3) is 0.136. The molecule has 2 aromatic carbocycles. The van der Waals surface area contributed by atoms with Gasteiger partial charge in [-0.05, 0) is 49.7 Å². The summed E-state index contributed by atoms with van der Waals surface area (Å²) in [6, 6.07) is 14.2. The Balaban J connectivity index is 1.84. The van der Waals surface area contributed by atoms with Crippen molar-refractivity contribution < 1.29 is 9.18 Å². The number of nitrogens with zero attached hydrogens (tertiary/aromatic N) is 3. The third-order valence-electron chi connectivity index (χ3n) is 4.79. The number of fused-ring (bicyclic) bond motifs is 1. The summed E-state index contributed by atoms with van der Waals surface area (Å²) in [6.07, 6.45) is 0. The second-order valence-electron chi connectivity index (χ2n) is 6.96. The molecule has 0 spiro atoms. The predicted octanol–water partition coefficient (Wildman–Crippen LogP) is 4.24. The molecule has 1 N–H and O–H groups in total. The molecule has 0 saturated heterocycles. The van der Waals surface area contributed by atoms with Crippen LogP contribution in [0.1, 0.15) is 11.3 Å². The first-order valence-corrected chi connectivity index (χ1v) is 9.63. The number of para-hydroxylation sites is 1. The van der Waals surface area contributed by atoms with E-state index < -0.39 is 11.7 Å². The molecule has 0 bridgehead atoms. The normalized spacial score (nSPS) is 11.1. The number of pyridine rings is 1. The van der Waals surface area contributed by atoms with Crippen LogP contribution in [-0.4, -0.2) is 20.3 Å². The highest BCUT2D eigenvalue weighted by atomic mass is 35.5. The number of nitrogens with one attached hydrogen (secondary N) is 1. The van der Waals surface area contributed by atoms with Gasteiger partial charge in [0.2, 0.25) is 5.91 Å². The van der Waals surface area contributed by atoms with Crippen LogP contribution in [0.3, 0.4) is 0 Å². The first-order chi connectivity index (χ1) is 14.3. The maximum Gasteiger partial charge on any atom is 0.252 e. The minimum atomic E-state index is -0.424. The molecule has 1 amide bonds. The highest BCUT2D eigenvalue weighted by molar-refractivity contribution is 6.33. The Morgan fingerprint density at radius 1 is 1.13 bits per heavy atom. The van der Waals surface area contributed by atoms with Crippen LogP contribution < -0.4 is 10.9 Å². The van der Waals surface area contributed by atoms with Gasteiger partial charge in [0.1, 0.15) is 18.0 Å².